The number of amides is 1. The number of alkyl halides is 3. The van der Waals surface area contributed by atoms with Crippen LogP contribution in [0.1, 0.15) is 28.5 Å². The number of carboxylic acid groups (broad SMARTS) is 1. The average molecular weight is 472 g/mol. The quantitative estimate of drug-likeness (QED) is 0.608. The summed E-state index contributed by atoms with van der Waals surface area (Å²) in [5.41, 5.74) is 0.485. The zero-order valence-corrected chi connectivity index (χ0v) is 18.4. The van der Waals surface area contributed by atoms with Crippen LogP contribution >= 0.6 is 0 Å². The molecular weight excluding hydrogens is 449 g/mol. The van der Waals surface area contributed by atoms with E-state index in [4.69, 9.17) is 5.11 Å². The van der Waals surface area contributed by atoms with Gasteiger partial charge in [-0.25, -0.2) is 9.59 Å². The number of piperazine rings is 1. The lowest BCUT2D eigenvalue weighted by atomic mass is 9.98. The van der Waals surface area contributed by atoms with Crippen LogP contribution in [0.15, 0.2) is 60.8 Å². The van der Waals surface area contributed by atoms with Crippen LogP contribution in [0.4, 0.5) is 18.0 Å². The molecule has 34 heavy (non-hydrogen) atoms. The van der Waals surface area contributed by atoms with Crippen molar-refractivity contribution in [3.63, 3.8) is 0 Å². The third-order valence-electron chi connectivity index (χ3n) is 5.88. The molecule has 10 heteroatoms. The Labute approximate surface area is 194 Å². The Morgan fingerprint density at radius 3 is 2.41 bits per heavy atom. The lowest BCUT2D eigenvalue weighted by Gasteiger charge is -2.39. The minimum absolute atomic E-state index is 0.0984. The fourth-order valence-electron chi connectivity index (χ4n) is 4.17. The molecule has 1 aliphatic heterocycles. The van der Waals surface area contributed by atoms with Gasteiger partial charge in [-0.2, -0.15) is 23.0 Å². The molecule has 0 bridgehead atoms. The highest BCUT2D eigenvalue weighted by Gasteiger charge is 2.35. The van der Waals surface area contributed by atoms with E-state index in [-0.39, 0.29) is 30.4 Å². The molecule has 178 valence electrons. The number of rotatable bonds is 4. The number of nitrogens with zero attached hydrogens (tertiary/aromatic N) is 4. The molecule has 2 heterocycles. The first-order chi connectivity index (χ1) is 16.1. The molecule has 2 aromatic carbocycles. The van der Waals surface area contributed by atoms with E-state index in [1.54, 1.807) is 37.3 Å². The fourth-order valence-corrected chi connectivity index (χ4v) is 4.17. The molecule has 1 N–H and O–H groups in total. The molecule has 1 atom stereocenters. The van der Waals surface area contributed by atoms with Crippen molar-refractivity contribution in [1.29, 1.82) is 0 Å². The van der Waals surface area contributed by atoms with Gasteiger partial charge in [0, 0.05) is 38.4 Å². The van der Waals surface area contributed by atoms with Crippen LogP contribution in [-0.4, -0.2) is 62.4 Å². The maximum absolute atomic E-state index is 13.9. The van der Waals surface area contributed by atoms with Gasteiger partial charge in [-0.3, -0.25) is 4.90 Å². The average Bonchev–Trinajstić information content (AvgIpc) is 3.30. The molecule has 1 fully saturated rings. The smallest absolute Gasteiger partial charge is 0.416 e. The highest BCUT2D eigenvalue weighted by atomic mass is 19.4. The Morgan fingerprint density at radius 2 is 1.79 bits per heavy atom. The third-order valence-corrected chi connectivity index (χ3v) is 5.88. The van der Waals surface area contributed by atoms with Crippen molar-refractivity contribution in [1.82, 2.24) is 19.6 Å². The molecule has 1 unspecified atom stereocenters. The molecule has 4 rings (SSSR count). The molecule has 0 saturated carbocycles. The van der Waals surface area contributed by atoms with E-state index in [2.05, 4.69) is 5.10 Å². The van der Waals surface area contributed by atoms with Crippen LogP contribution in [0, 0.1) is 0 Å². The Kier molecular flexibility index (Phi) is 6.43. The highest BCUT2D eigenvalue weighted by Crippen LogP contribution is 2.35. The summed E-state index contributed by atoms with van der Waals surface area (Å²) < 4.78 is 42.6. The number of benzene rings is 2. The van der Waals surface area contributed by atoms with Gasteiger partial charge in [0.2, 0.25) is 0 Å². The molecule has 7 nitrogen and oxygen atoms in total. The van der Waals surface area contributed by atoms with Crippen molar-refractivity contribution in [2.75, 3.05) is 19.6 Å². The summed E-state index contributed by atoms with van der Waals surface area (Å²) in [5.74, 6) is -1.23. The molecule has 3 aromatic rings. The van der Waals surface area contributed by atoms with Gasteiger partial charge in [0.25, 0.3) is 0 Å². The van der Waals surface area contributed by atoms with Gasteiger partial charge >= 0.3 is 18.2 Å². The first-order valence-corrected chi connectivity index (χ1v) is 10.7. The van der Waals surface area contributed by atoms with E-state index in [9.17, 15) is 22.8 Å². The van der Waals surface area contributed by atoms with Gasteiger partial charge in [0.1, 0.15) is 0 Å². The van der Waals surface area contributed by atoms with Crippen LogP contribution in [0.3, 0.4) is 0 Å². The lowest BCUT2D eigenvalue weighted by molar-refractivity contribution is -0.138. The minimum Gasteiger partial charge on any atom is -0.476 e. The second-order valence-corrected chi connectivity index (χ2v) is 8.25. The van der Waals surface area contributed by atoms with Crippen LogP contribution < -0.4 is 0 Å². The summed E-state index contributed by atoms with van der Waals surface area (Å²) in [6.45, 7) is 2.93. The normalized spacial score (nSPS) is 17.1. The molecule has 1 aromatic heterocycles. The van der Waals surface area contributed by atoms with Gasteiger partial charge < -0.3 is 10.0 Å². The summed E-state index contributed by atoms with van der Waals surface area (Å²) in [4.78, 5) is 27.2. The molecule has 1 saturated heterocycles. The zero-order chi connectivity index (χ0) is 24.5. The Balaban J connectivity index is 1.48. The van der Waals surface area contributed by atoms with Gasteiger partial charge in [0.15, 0.2) is 5.69 Å². The van der Waals surface area contributed by atoms with Crippen molar-refractivity contribution in [2.24, 2.45) is 0 Å². The second kappa shape index (κ2) is 9.30. The maximum atomic E-state index is 13.9. The van der Waals surface area contributed by atoms with E-state index in [1.165, 1.54) is 29.3 Å². The number of halogens is 3. The second-order valence-electron chi connectivity index (χ2n) is 8.25. The number of aromatic nitrogens is 2. The van der Waals surface area contributed by atoms with Crippen molar-refractivity contribution in [3.05, 3.63) is 77.6 Å². The Bertz CT molecular complexity index is 1190. The van der Waals surface area contributed by atoms with E-state index in [0.717, 1.165) is 4.68 Å². The van der Waals surface area contributed by atoms with E-state index < -0.39 is 23.7 Å². The van der Waals surface area contributed by atoms with Gasteiger partial charge in [-0.1, -0.05) is 42.5 Å². The number of carbonyl (C=O) groups is 2. The molecule has 0 radical (unpaired) electrons. The predicted octanol–water partition coefficient (Wildman–Crippen LogP) is 4.44. The summed E-state index contributed by atoms with van der Waals surface area (Å²) in [6, 6.07) is 13.8. The van der Waals surface area contributed by atoms with Gasteiger partial charge in [-0.05, 0) is 35.7 Å². The van der Waals surface area contributed by atoms with Crippen LogP contribution in [0.2, 0.25) is 0 Å². The summed E-state index contributed by atoms with van der Waals surface area (Å²) in [6.07, 6.45) is -3.21. The van der Waals surface area contributed by atoms with E-state index in [0.29, 0.717) is 24.2 Å². The maximum Gasteiger partial charge on any atom is 0.416 e. The standard InChI is InChI=1S/C24H23F3N4O3/c1-16-14-29(11-12-30(16)23(34)31-10-9-21(28-31)22(32)33)15-19-8-7-18(13-20(19)24(25,26)27)17-5-3-2-4-6-17/h2-10,13,16H,11-12,14-15H2,1H3,(H,32,33). The van der Waals surface area contributed by atoms with Crippen molar-refractivity contribution in [2.45, 2.75) is 25.7 Å². The van der Waals surface area contributed by atoms with Crippen LogP contribution in [-0.2, 0) is 12.7 Å². The highest BCUT2D eigenvalue weighted by molar-refractivity contribution is 5.86. The first-order valence-electron chi connectivity index (χ1n) is 10.7. The zero-order valence-electron chi connectivity index (χ0n) is 18.4. The van der Waals surface area contributed by atoms with Gasteiger partial charge in [0.05, 0.1) is 5.56 Å². The summed E-state index contributed by atoms with van der Waals surface area (Å²) >= 11 is 0. The SMILES string of the molecule is CC1CN(Cc2ccc(-c3ccccc3)cc2C(F)(F)F)CCN1C(=O)n1ccc(C(=O)O)n1. The molecule has 1 aliphatic rings. The Hall–Kier alpha value is -3.66. The van der Waals surface area contributed by atoms with Crippen LogP contribution in [0.25, 0.3) is 11.1 Å². The number of carbonyl (C=O) groups excluding carboxylic acids is 1. The monoisotopic (exact) mass is 472 g/mol. The van der Waals surface area contributed by atoms with Crippen LogP contribution in [0.5, 0.6) is 0 Å². The molecular formula is C24H23F3N4O3. The number of aromatic carboxylic acids is 1. The van der Waals surface area contributed by atoms with Crippen molar-refractivity contribution < 1.29 is 27.9 Å². The summed E-state index contributed by atoms with van der Waals surface area (Å²) in [7, 11) is 0. The fraction of sp³-hybridized carbons (Fsp3) is 0.292. The first kappa shape index (κ1) is 23.5. The van der Waals surface area contributed by atoms with Crippen molar-refractivity contribution in [3.8, 4) is 11.1 Å². The number of hydrogen-bond acceptors (Lipinski definition) is 4. The van der Waals surface area contributed by atoms with E-state index in [1.807, 2.05) is 11.0 Å². The van der Waals surface area contributed by atoms with E-state index >= 15 is 0 Å². The Morgan fingerprint density at radius 1 is 1.06 bits per heavy atom. The minimum atomic E-state index is -4.49. The molecule has 0 aliphatic carbocycles. The molecule has 1 amide bonds. The van der Waals surface area contributed by atoms with Crippen molar-refractivity contribution >= 4 is 12.0 Å². The lowest BCUT2D eigenvalue weighted by Crippen LogP contribution is -2.54. The molecule has 0 spiro atoms. The summed E-state index contributed by atoms with van der Waals surface area (Å²) in [5, 5.41) is 12.8. The largest absolute Gasteiger partial charge is 0.476 e. The third kappa shape index (κ3) is 4.96. The number of carboxylic acids is 1. The predicted molar refractivity (Wildman–Crippen MR) is 118 cm³/mol. The number of hydrogen-bond donors (Lipinski definition) is 1. The van der Waals surface area contributed by atoms with Gasteiger partial charge in [-0.15, -0.1) is 0 Å². The topological polar surface area (TPSA) is 78.7 Å².